The third-order valence-electron chi connectivity index (χ3n) is 4.82. The van der Waals surface area contributed by atoms with Crippen LogP contribution in [0.5, 0.6) is 0 Å². The first-order valence-electron chi connectivity index (χ1n) is 9.00. The summed E-state index contributed by atoms with van der Waals surface area (Å²) in [6.07, 6.45) is 2.49. The molecule has 2 fully saturated rings. The molecule has 24 heavy (non-hydrogen) atoms. The second-order valence-electron chi connectivity index (χ2n) is 6.64. The Morgan fingerprint density at radius 3 is 2.46 bits per heavy atom. The van der Waals surface area contributed by atoms with Gasteiger partial charge in [0, 0.05) is 43.9 Å². The molecule has 0 radical (unpaired) electrons. The monoisotopic (exact) mass is 323 g/mol. The van der Waals surface area contributed by atoms with Gasteiger partial charge >= 0.3 is 0 Å². The van der Waals surface area contributed by atoms with Gasteiger partial charge in [-0.2, -0.15) is 4.98 Å². The van der Waals surface area contributed by atoms with E-state index in [2.05, 4.69) is 52.4 Å². The number of benzene rings is 1. The fourth-order valence-corrected chi connectivity index (χ4v) is 3.11. The van der Waals surface area contributed by atoms with Crippen LogP contribution in [0.1, 0.15) is 19.8 Å². The van der Waals surface area contributed by atoms with Gasteiger partial charge in [-0.15, -0.1) is 0 Å². The largest absolute Gasteiger partial charge is 0.367 e. The molecule has 126 valence electrons. The van der Waals surface area contributed by atoms with Gasteiger partial charge in [0.15, 0.2) is 0 Å². The minimum Gasteiger partial charge on any atom is -0.367 e. The van der Waals surface area contributed by atoms with E-state index in [9.17, 15) is 0 Å². The van der Waals surface area contributed by atoms with E-state index in [0.29, 0.717) is 6.04 Å². The summed E-state index contributed by atoms with van der Waals surface area (Å²) in [7, 11) is 0. The molecule has 5 nitrogen and oxygen atoms in total. The van der Waals surface area contributed by atoms with Crippen LogP contribution in [0.15, 0.2) is 36.4 Å². The summed E-state index contributed by atoms with van der Waals surface area (Å²) >= 11 is 0. The number of nitrogens with one attached hydrogen (secondary N) is 1. The minimum absolute atomic E-state index is 0.591. The molecule has 1 saturated heterocycles. The first-order valence-corrected chi connectivity index (χ1v) is 9.00. The zero-order valence-electron chi connectivity index (χ0n) is 14.3. The van der Waals surface area contributed by atoms with Gasteiger partial charge in [0.05, 0.1) is 5.69 Å². The summed E-state index contributed by atoms with van der Waals surface area (Å²) in [6, 6.07) is 13.1. The van der Waals surface area contributed by atoms with E-state index in [1.807, 2.05) is 6.07 Å². The molecule has 5 heteroatoms. The second kappa shape index (κ2) is 6.77. The van der Waals surface area contributed by atoms with E-state index in [-0.39, 0.29) is 0 Å². The van der Waals surface area contributed by atoms with Crippen molar-refractivity contribution in [1.82, 2.24) is 14.9 Å². The molecule has 0 unspecified atom stereocenters. The predicted molar refractivity (Wildman–Crippen MR) is 98.4 cm³/mol. The van der Waals surface area contributed by atoms with Gasteiger partial charge in [-0.05, 0) is 19.4 Å². The first kappa shape index (κ1) is 15.4. The smallest absolute Gasteiger partial charge is 0.227 e. The Morgan fingerprint density at radius 1 is 1.04 bits per heavy atom. The number of nitrogens with zero attached hydrogens (tertiary/aromatic N) is 4. The van der Waals surface area contributed by atoms with Crippen molar-refractivity contribution >= 4 is 11.8 Å². The number of hydrogen-bond donors (Lipinski definition) is 1. The number of rotatable bonds is 5. The highest BCUT2D eigenvalue weighted by atomic mass is 15.3. The summed E-state index contributed by atoms with van der Waals surface area (Å²) in [5.74, 6) is 1.81. The molecule has 1 N–H and O–H groups in total. The summed E-state index contributed by atoms with van der Waals surface area (Å²) < 4.78 is 0. The average molecular weight is 323 g/mol. The van der Waals surface area contributed by atoms with Crippen LogP contribution < -0.4 is 10.2 Å². The van der Waals surface area contributed by atoms with Crippen LogP contribution in [-0.2, 0) is 0 Å². The molecular formula is C19H25N5. The lowest BCUT2D eigenvalue weighted by Crippen LogP contribution is -2.46. The van der Waals surface area contributed by atoms with Crippen LogP contribution >= 0.6 is 0 Å². The van der Waals surface area contributed by atoms with E-state index in [0.717, 1.165) is 55.7 Å². The lowest BCUT2D eigenvalue weighted by atomic mass is 10.1. The normalized spacial score (nSPS) is 18.6. The van der Waals surface area contributed by atoms with E-state index < -0.39 is 0 Å². The quantitative estimate of drug-likeness (QED) is 0.916. The summed E-state index contributed by atoms with van der Waals surface area (Å²) in [5.41, 5.74) is 2.15. The van der Waals surface area contributed by atoms with Gasteiger partial charge in [0.2, 0.25) is 5.95 Å². The van der Waals surface area contributed by atoms with Crippen LogP contribution in [-0.4, -0.2) is 53.6 Å². The number of likely N-dealkylation sites (N-methyl/N-ethyl adjacent to an activating group) is 1. The minimum atomic E-state index is 0.591. The Kier molecular flexibility index (Phi) is 4.34. The Labute approximate surface area is 143 Å². The molecule has 2 aliphatic rings. The maximum Gasteiger partial charge on any atom is 0.227 e. The summed E-state index contributed by atoms with van der Waals surface area (Å²) in [6.45, 7) is 7.50. The zero-order chi connectivity index (χ0) is 16.4. The van der Waals surface area contributed by atoms with E-state index in [4.69, 9.17) is 9.97 Å². The van der Waals surface area contributed by atoms with Crippen molar-refractivity contribution < 1.29 is 0 Å². The van der Waals surface area contributed by atoms with Crippen molar-refractivity contribution in [2.75, 3.05) is 42.9 Å². The van der Waals surface area contributed by atoms with Gasteiger partial charge in [-0.3, -0.25) is 0 Å². The fourth-order valence-electron chi connectivity index (χ4n) is 3.11. The van der Waals surface area contributed by atoms with Gasteiger partial charge in [-0.1, -0.05) is 37.3 Å². The van der Waals surface area contributed by atoms with Gasteiger partial charge in [0.1, 0.15) is 5.82 Å². The molecule has 1 aromatic carbocycles. The summed E-state index contributed by atoms with van der Waals surface area (Å²) in [5, 5.41) is 3.54. The fraction of sp³-hybridized carbons (Fsp3) is 0.474. The van der Waals surface area contributed by atoms with E-state index in [1.165, 1.54) is 12.8 Å². The Morgan fingerprint density at radius 2 is 1.79 bits per heavy atom. The number of piperazine rings is 1. The third-order valence-corrected chi connectivity index (χ3v) is 4.82. The number of aromatic nitrogens is 2. The number of hydrogen-bond acceptors (Lipinski definition) is 5. The molecule has 0 spiro atoms. The highest BCUT2D eigenvalue weighted by molar-refractivity contribution is 5.64. The molecule has 1 aliphatic heterocycles. The van der Waals surface area contributed by atoms with Gasteiger partial charge in [-0.25, -0.2) is 4.98 Å². The molecule has 1 saturated carbocycles. The highest BCUT2D eigenvalue weighted by Crippen LogP contribution is 2.28. The third kappa shape index (κ3) is 3.51. The first-order chi connectivity index (χ1) is 11.8. The van der Waals surface area contributed by atoms with E-state index >= 15 is 0 Å². The van der Waals surface area contributed by atoms with Crippen LogP contribution in [0, 0.1) is 0 Å². The Hall–Kier alpha value is -2.14. The van der Waals surface area contributed by atoms with Gasteiger partial charge < -0.3 is 15.1 Å². The van der Waals surface area contributed by atoms with Crippen LogP contribution in [0.2, 0.25) is 0 Å². The molecule has 2 aromatic rings. The molecule has 2 heterocycles. The SMILES string of the molecule is CCN1CCN(c2nc(NC3CC3)cc(-c3ccccc3)n2)CC1. The van der Waals surface area contributed by atoms with Crippen LogP contribution in [0.3, 0.4) is 0 Å². The molecule has 4 rings (SSSR count). The van der Waals surface area contributed by atoms with Crippen LogP contribution in [0.25, 0.3) is 11.3 Å². The van der Waals surface area contributed by atoms with Crippen LogP contribution in [0.4, 0.5) is 11.8 Å². The van der Waals surface area contributed by atoms with Crippen molar-refractivity contribution in [3.8, 4) is 11.3 Å². The van der Waals surface area contributed by atoms with Crippen molar-refractivity contribution in [2.45, 2.75) is 25.8 Å². The molecular weight excluding hydrogens is 298 g/mol. The lowest BCUT2D eigenvalue weighted by molar-refractivity contribution is 0.270. The molecule has 0 bridgehead atoms. The maximum atomic E-state index is 4.86. The van der Waals surface area contributed by atoms with E-state index in [1.54, 1.807) is 0 Å². The standard InChI is InChI=1S/C19H25N5/c1-2-23-10-12-24(13-11-23)19-21-17(15-6-4-3-5-7-15)14-18(22-19)20-16-8-9-16/h3-7,14,16H,2,8-13H2,1H3,(H,20,21,22). The summed E-state index contributed by atoms with van der Waals surface area (Å²) in [4.78, 5) is 14.5. The Bertz CT molecular complexity index is 675. The molecule has 1 aromatic heterocycles. The van der Waals surface area contributed by atoms with Crippen molar-refractivity contribution in [3.05, 3.63) is 36.4 Å². The lowest BCUT2D eigenvalue weighted by Gasteiger charge is -2.34. The maximum absolute atomic E-state index is 4.86. The van der Waals surface area contributed by atoms with Crippen molar-refractivity contribution in [3.63, 3.8) is 0 Å². The van der Waals surface area contributed by atoms with Crippen molar-refractivity contribution in [2.24, 2.45) is 0 Å². The molecule has 0 amide bonds. The Balaban J connectivity index is 1.62. The topological polar surface area (TPSA) is 44.3 Å². The zero-order valence-corrected chi connectivity index (χ0v) is 14.3. The predicted octanol–water partition coefficient (Wildman–Crippen LogP) is 2.86. The molecule has 1 aliphatic carbocycles. The second-order valence-corrected chi connectivity index (χ2v) is 6.64. The van der Waals surface area contributed by atoms with Crippen molar-refractivity contribution in [1.29, 1.82) is 0 Å². The average Bonchev–Trinajstić information content (AvgIpc) is 3.46. The van der Waals surface area contributed by atoms with Gasteiger partial charge in [0.25, 0.3) is 0 Å². The molecule has 0 atom stereocenters. The highest BCUT2D eigenvalue weighted by Gasteiger charge is 2.23. The number of anilines is 2.